The van der Waals surface area contributed by atoms with E-state index in [4.69, 9.17) is 10.1 Å². The molecule has 6 aromatic rings. The Balaban J connectivity index is 1.66. The van der Waals surface area contributed by atoms with Crippen LogP contribution in [0.1, 0.15) is 5.69 Å². The molecule has 0 aliphatic carbocycles. The molecular formula is C29H20BrN3. The molecule has 3 nitrogen and oxygen atoms in total. The summed E-state index contributed by atoms with van der Waals surface area (Å²) < 4.78 is 3.01. The van der Waals surface area contributed by atoms with Crippen molar-refractivity contribution in [1.82, 2.24) is 14.8 Å². The van der Waals surface area contributed by atoms with Gasteiger partial charge in [-0.25, -0.2) is 9.67 Å². The Morgan fingerprint density at radius 1 is 0.697 bits per heavy atom. The van der Waals surface area contributed by atoms with Crippen molar-refractivity contribution < 1.29 is 0 Å². The minimum atomic E-state index is 0.863. The maximum absolute atomic E-state index is 5.14. The van der Waals surface area contributed by atoms with Crippen molar-refractivity contribution in [1.29, 1.82) is 0 Å². The summed E-state index contributed by atoms with van der Waals surface area (Å²) in [5.74, 6) is 0. The van der Waals surface area contributed by atoms with Gasteiger partial charge >= 0.3 is 0 Å². The Morgan fingerprint density at radius 3 is 2.18 bits per heavy atom. The zero-order chi connectivity index (χ0) is 22.4. The van der Waals surface area contributed by atoms with Crippen LogP contribution in [0, 0.1) is 6.92 Å². The molecule has 158 valence electrons. The van der Waals surface area contributed by atoms with Gasteiger partial charge in [0, 0.05) is 10.0 Å². The molecule has 0 N–H and O–H groups in total. The lowest BCUT2D eigenvalue weighted by Gasteiger charge is -2.11. The number of aryl methyl sites for hydroxylation is 1. The number of hydrogen-bond donors (Lipinski definition) is 0. The highest BCUT2D eigenvalue weighted by atomic mass is 79.9. The Labute approximate surface area is 200 Å². The Morgan fingerprint density at radius 2 is 1.39 bits per heavy atom. The Kier molecular flexibility index (Phi) is 4.81. The van der Waals surface area contributed by atoms with E-state index in [1.165, 1.54) is 10.8 Å². The van der Waals surface area contributed by atoms with Crippen molar-refractivity contribution >= 4 is 37.7 Å². The molecule has 0 fully saturated rings. The van der Waals surface area contributed by atoms with Crippen molar-refractivity contribution in [3.8, 4) is 28.1 Å². The first-order chi connectivity index (χ1) is 16.2. The number of benzene rings is 4. The second-order valence-corrected chi connectivity index (χ2v) is 9.07. The molecule has 0 aliphatic rings. The van der Waals surface area contributed by atoms with Crippen molar-refractivity contribution in [2.24, 2.45) is 0 Å². The highest BCUT2D eigenvalue weighted by molar-refractivity contribution is 9.10. The normalized spacial score (nSPS) is 11.3. The molecule has 0 atom stereocenters. The predicted molar refractivity (Wildman–Crippen MR) is 140 cm³/mol. The van der Waals surface area contributed by atoms with Crippen LogP contribution in [0.5, 0.6) is 0 Å². The van der Waals surface area contributed by atoms with E-state index in [0.29, 0.717) is 0 Å². The molecule has 6 rings (SSSR count). The molecule has 0 aliphatic heterocycles. The SMILES string of the molecule is Cc1nn(-c2ccccc2)c2nc(-c3ccc4ccccc4c3)cc(-c3ccc(Br)cc3)c12. The van der Waals surface area contributed by atoms with E-state index in [2.05, 4.69) is 108 Å². The molecule has 0 amide bonds. The minimum Gasteiger partial charge on any atom is -0.228 e. The fraction of sp³-hybridized carbons (Fsp3) is 0.0345. The lowest BCUT2D eigenvalue weighted by Crippen LogP contribution is -1.98. The van der Waals surface area contributed by atoms with Crippen LogP contribution in [0.25, 0.3) is 49.9 Å². The van der Waals surface area contributed by atoms with Gasteiger partial charge in [0.1, 0.15) is 0 Å². The number of fused-ring (bicyclic) bond motifs is 2. The molecule has 33 heavy (non-hydrogen) atoms. The highest BCUT2D eigenvalue weighted by Gasteiger charge is 2.18. The molecule has 0 saturated carbocycles. The van der Waals surface area contributed by atoms with Gasteiger partial charge in [-0.1, -0.05) is 82.7 Å². The molecule has 0 radical (unpaired) electrons. The Bertz CT molecular complexity index is 1620. The first kappa shape index (κ1) is 19.9. The fourth-order valence-corrected chi connectivity index (χ4v) is 4.66. The molecule has 0 saturated heterocycles. The van der Waals surface area contributed by atoms with Gasteiger partial charge in [0.15, 0.2) is 5.65 Å². The number of para-hydroxylation sites is 1. The molecule has 2 heterocycles. The highest BCUT2D eigenvalue weighted by Crippen LogP contribution is 2.36. The second kappa shape index (κ2) is 7.98. The number of nitrogens with zero attached hydrogens (tertiary/aromatic N) is 3. The molecule has 0 spiro atoms. The van der Waals surface area contributed by atoms with E-state index < -0.39 is 0 Å². The number of halogens is 1. The van der Waals surface area contributed by atoms with Crippen LogP contribution in [0.2, 0.25) is 0 Å². The van der Waals surface area contributed by atoms with E-state index in [9.17, 15) is 0 Å². The summed E-state index contributed by atoms with van der Waals surface area (Å²) in [6.45, 7) is 2.06. The maximum Gasteiger partial charge on any atom is 0.164 e. The van der Waals surface area contributed by atoms with E-state index >= 15 is 0 Å². The van der Waals surface area contributed by atoms with Crippen LogP contribution in [-0.2, 0) is 0 Å². The van der Waals surface area contributed by atoms with Crippen LogP contribution >= 0.6 is 15.9 Å². The lowest BCUT2D eigenvalue weighted by molar-refractivity contribution is 0.878. The topological polar surface area (TPSA) is 30.7 Å². The Hall–Kier alpha value is -3.76. The molecule has 4 heteroatoms. The van der Waals surface area contributed by atoms with E-state index in [1.54, 1.807) is 0 Å². The zero-order valence-electron chi connectivity index (χ0n) is 18.0. The second-order valence-electron chi connectivity index (χ2n) is 8.16. The first-order valence-electron chi connectivity index (χ1n) is 10.9. The average molecular weight is 490 g/mol. The average Bonchev–Trinajstić information content (AvgIpc) is 3.20. The molecule has 4 aromatic carbocycles. The summed E-state index contributed by atoms with van der Waals surface area (Å²) in [5, 5.41) is 8.39. The van der Waals surface area contributed by atoms with Crippen LogP contribution in [-0.4, -0.2) is 14.8 Å². The van der Waals surface area contributed by atoms with Crippen LogP contribution < -0.4 is 0 Å². The fourth-order valence-electron chi connectivity index (χ4n) is 4.39. The minimum absolute atomic E-state index is 0.863. The van der Waals surface area contributed by atoms with Gasteiger partial charge in [-0.2, -0.15) is 5.10 Å². The monoisotopic (exact) mass is 489 g/mol. The maximum atomic E-state index is 5.14. The van der Waals surface area contributed by atoms with Crippen molar-refractivity contribution in [2.75, 3.05) is 0 Å². The van der Waals surface area contributed by atoms with Gasteiger partial charge in [0.2, 0.25) is 0 Å². The third-order valence-electron chi connectivity index (χ3n) is 6.01. The summed E-state index contributed by atoms with van der Waals surface area (Å²) in [5.41, 5.74) is 7.13. The molecule has 0 bridgehead atoms. The zero-order valence-corrected chi connectivity index (χ0v) is 19.6. The quantitative estimate of drug-likeness (QED) is 0.252. The van der Waals surface area contributed by atoms with Crippen LogP contribution in [0.4, 0.5) is 0 Å². The van der Waals surface area contributed by atoms with Gasteiger partial charge < -0.3 is 0 Å². The standard InChI is InChI=1S/C29H20BrN3/c1-19-28-26(21-13-15-24(30)16-14-21)18-27(23-12-11-20-7-5-6-8-22(20)17-23)31-29(28)33(32-19)25-9-3-2-4-10-25/h2-18H,1H3. The molecule has 0 unspecified atom stereocenters. The first-order valence-corrected chi connectivity index (χ1v) is 11.7. The summed E-state index contributed by atoms with van der Waals surface area (Å²) in [6, 6.07) is 35.8. The van der Waals surface area contributed by atoms with Gasteiger partial charge in [-0.3, -0.25) is 0 Å². The number of hydrogen-bond acceptors (Lipinski definition) is 2. The van der Waals surface area contributed by atoms with E-state index in [-0.39, 0.29) is 0 Å². The largest absolute Gasteiger partial charge is 0.228 e. The number of aromatic nitrogens is 3. The van der Waals surface area contributed by atoms with Gasteiger partial charge in [-0.05, 0) is 65.2 Å². The predicted octanol–water partition coefficient (Wildman–Crippen LogP) is 7.98. The molecule has 2 aromatic heterocycles. The summed E-state index contributed by atoms with van der Waals surface area (Å²) in [4.78, 5) is 5.14. The number of rotatable bonds is 3. The van der Waals surface area contributed by atoms with E-state index in [1.807, 2.05) is 22.9 Å². The van der Waals surface area contributed by atoms with Crippen molar-refractivity contribution in [3.05, 3.63) is 113 Å². The summed E-state index contributed by atoms with van der Waals surface area (Å²) >= 11 is 3.56. The third kappa shape index (κ3) is 3.53. The lowest BCUT2D eigenvalue weighted by atomic mass is 9.98. The van der Waals surface area contributed by atoms with Crippen molar-refractivity contribution in [3.63, 3.8) is 0 Å². The van der Waals surface area contributed by atoms with Gasteiger partial charge in [0.05, 0.1) is 22.5 Å². The smallest absolute Gasteiger partial charge is 0.164 e. The van der Waals surface area contributed by atoms with Crippen LogP contribution in [0.15, 0.2) is 108 Å². The van der Waals surface area contributed by atoms with Crippen molar-refractivity contribution in [2.45, 2.75) is 6.92 Å². The summed E-state index contributed by atoms with van der Waals surface area (Å²) in [7, 11) is 0. The third-order valence-corrected chi connectivity index (χ3v) is 6.54. The van der Waals surface area contributed by atoms with Gasteiger partial charge in [-0.15, -0.1) is 0 Å². The molecular weight excluding hydrogens is 470 g/mol. The van der Waals surface area contributed by atoms with E-state index in [0.717, 1.165) is 49.3 Å². The van der Waals surface area contributed by atoms with Gasteiger partial charge in [0.25, 0.3) is 0 Å². The summed E-state index contributed by atoms with van der Waals surface area (Å²) in [6.07, 6.45) is 0. The number of pyridine rings is 1. The van der Waals surface area contributed by atoms with Crippen LogP contribution in [0.3, 0.4) is 0 Å².